The number of nitrogens with zero attached hydrogens (tertiary/aromatic N) is 2. The van der Waals surface area contributed by atoms with E-state index in [9.17, 15) is 9.18 Å². The van der Waals surface area contributed by atoms with Crippen LogP contribution in [-0.4, -0.2) is 55.1 Å². The highest BCUT2D eigenvalue weighted by molar-refractivity contribution is 5.76. The van der Waals surface area contributed by atoms with Crippen molar-refractivity contribution in [2.24, 2.45) is 5.92 Å². The van der Waals surface area contributed by atoms with Gasteiger partial charge in [0.1, 0.15) is 5.82 Å². The Labute approximate surface area is 137 Å². The van der Waals surface area contributed by atoms with Gasteiger partial charge in [-0.1, -0.05) is 19.1 Å². The summed E-state index contributed by atoms with van der Waals surface area (Å²) >= 11 is 0. The number of likely N-dealkylation sites (tertiary alicyclic amines) is 1. The van der Waals surface area contributed by atoms with Gasteiger partial charge in [-0.15, -0.1) is 0 Å². The van der Waals surface area contributed by atoms with Crippen molar-refractivity contribution in [1.82, 2.24) is 9.80 Å². The number of benzene rings is 1. The van der Waals surface area contributed by atoms with Crippen molar-refractivity contribution in [3.63, 3.8) is 0 Å². The number of amides is 1. The third kappa shape index (κ3) is 4.09. The molecule has 0 spiro atoms. The molecule has 1 aromatic rings. The lowest BCUT2D eigenvalue weighted by Gasteiger charge is -2.29. The summed E-state index contributed by atoms with van der Waals surface area (Å²) in [5.74, 6) is 0.582. The van der Waals surface area contributed by atoms with Gasteiger partial charge in [0.25, 0.3) is 0 Å². The molecule has 23 heavy (non-hydrogen) atoms. The summed E-state index contributed by atoms with van der Waals surface area (Å²) in [5.41, 5.74) is 1.02. The second kappa shape index (κ2) is 7.41. The molecule has 2 heterocycles. The van der Waals surface area contributed by atoms with Crippen molar-refractivity contribution >= 4 is 5.91 Å². The molecule has 2 fully saturated rings. The summed E-state index contributed by atoms with van der Waals surface area (Å²) < 4.78 is 18.8. The van der Waals surface area contributed by atoms with Gasteiger partial charge < -0.3 is 9.64 Å². The Morgan fingerprint density at radius 3 is 2.87 bits per heavy atom. The molecule has 2 atom stereocenters. The minimum Gasteiger partial charge on any atom is -0.378 e. The van der Waals surface area contributed by atoms with Crippen molar-refractivity contribution in [1.29, 1.82) is 0 Å². The van der Waals surface area contributed by atoms with E-state index in [0.29, 0.717) is 38.6 Å². The first-order valence-corrected chi connectivity index (χ1v) is 8.48. The molecule has 5 heteroatoms. The predicted octanol–water partition coefficient (Wildman–Crippen LogP) is 2.46. The van der Waals surface area contributed by atoms with Crippen LogP contribution in [0.15, 0.2) is 24.3 Å². The zero-order chi connectivity index (χ0) is 16.2. The molecule has 0 radical (unpaired) electrons. The first-order valence-electron chi connectivity index (χ1n) is 8.48. The Balaban J connectivity index is 1.60. The maximum atomic E-state index is 13.5. The summed E-state index contributed by atoms with van der Waals surface area (Å²) in [5, 5.41) is 0. The molecule has 0 aliphatic carbocycles. The van der Waals surface area contributed by atoms with Gasteiger partial charge in [-0.25, -0.2) is 4.39 Å². The molecule has 3 rings (SSSR count). The lowest BCUT2D eigenvalue weighted by molar-refractivity contribution is -0.135. The maximum absolute atomic E-state index is 13.5. The van der Waals surface area contributed by atoms with Crippen molar-refractivity contribution in [3.05, 3.63) is 35.6 Å². The minimum absolute atomic E-state index is 0.189. The summed E-state index contributed by atoms with van der Waals surface area (Å²) in [6.07, 6.45) is 1.55. The van der Waals surface area contributed by atoms with Crippen LogP contribution in [0.25, 0.3) is 0 Å². The molecule has 2 aliphatic rings. The van der Waals surface area contributed by atoms with E-state index in [1.807, 2.05) is 11.0 Å². The van der Waals surface area contributed by atoms with E-state index in [-0.39, 0.29) is 17.8 Å². The third-order valence-electron chi connectivity index (χ3n) is 4.82. The molecular weight excluding hydrogens is 295 g/mol. The van der Waals surface area contributed by atoms with E-state index >= 15 is 0 Å². The molecule has 1 aromatic carbocycles. The number of carbonyl (C=O) groups excluding carboxylic acids is 1. The molecule has 0 aromatic heterocycles. The molecule has 0 unspecified atom stereocenters. The largest absolute Gasteiger partial charge is 0.378 e. The highest BCUT2D eigenvalue weighted by atomic mass is 19.1. The van der Waals surface area contributed by atoms with Crippen LogP contribution >= 0.6 is 0 Å². The van der Waals surface area contributed by atoms with E-state index in [4.69, 9.17) is 4.74 Å². The van der Waals surface area contributed by atoms with Gasteiger partial charge in [0.2, 0.25) is 5.91 Å². The molecule has 0 bridgehead atoms. The van der Waals surface area contributed by atoms with E-state index in [1.54, 1.807) is 12.1 Å². The Morgan fingerprint density at radius 1 is 1.35 bits per heavy atom. The predicted molar refractivity (Wildman–Crippen MR) is 86.5 cm³/mol. The minimum atomic E-state index is -0.189. The van der Waals surface area contributed by atoms with Gasteiger partial charge in [-0.3, -0.25) is 9.69 Å². The Bertz CT molecular complexity index is 546. The van der Waals surface area contributed by atoms with Crippen LogP contribution in [0.2, 0.25) is 0 Å². The van der Waals surface area contributed by atoms with Crippen molar-refractivity contribution < 1.29 is 13.9 Å². The van der Waals surface area contributed by atoms with E-state index in [0.717, 1.165) is 25.1 Å². The Hall–Kier alpha value is -1.46. The highest BCUT2D eigenvalue weighted by Crippen LogP contribution is 2.35. The standard InChI is InChI=1S/C18H25FN2O2/c1-14-11-17(15-3-2-4-16(19)12-15)21(13-14)6-5-18(22)20-7-9-23-10-8-20/h2-4,12,14,17H,5-11,13H2,1H3/t14-,17+/m1/s1. The van der Waals surface area contributed by atoms with Crippen LogP contribution in [0, 0.1) is 11.7 Å². The lowest BCUT2D eigenvalue weighted by atomic mass is 10.0. The summed E-state index contributed by atoms with van der Waals surface area (Å²) in [4.78, 5) is 16.5. The average Bonchev–Trinajstić information content (AvgIpc) is 2.94. The quantitative estimate of drug-likeness (QED) is 0.854. The number of hydrogen-bond acceptors (Lipinski definition) is 3. The fraction of sp³-hybridized carbons (Fsp3) is 0.611. The molecule has 2 aliphatic heterocycles. The molecule has 4 nitrogen and oxygen atoms in total. The Morgan fingerprint density at radius 2 is 2.13 bits per heavy atom. The highest BCUT2D eigenvalue weighted by Gasteiger charge is 2.31. The summed E-state index contributed by atoms with van der Waals surface area (Å²) in [7, 11) is 0. The van der Waals surface area contributed by atoms with Gasteiger partial charge in [-0.05, 0) is 30.0 Å². The number of rotatable bonds is 4. The first-order chi connectivity index (χ1) is 11.1. The number of ether oxygens (including phenoxy) is 1. The van der Waals surface area contributed by atoms with E-state index in [2.05, 4.69) is 11.8 Å². The van der Waals surface area contributed by atoms with Crippen LogP contribution in [0.5, 0.6) is 0 Å². The zero-order valence-electron chi connectivity index (χ0n) is 13.7. The second-order valence-electron chi connectivity index (χ2n) is 6.65. The number of hydrogen-bond donors (Lipinski definition) is 0. The zero-order valence-corrected chi connectivity index (χ0v) is 13.7. The van der Waals surface area contributed by atoms with Crippen LogP contribution in [0.4, 0.5) is 4.39 Å². The number of carbonyl (C=O) groups is 1. The van der Waals surface area contributed by atoms with Gasteiger partial charge >= 0.3 is 0 Å². The lowest BCUT2D eigenvalue weighted by Crippen LogP contribution is -2.42. The SMILES string of the molecule is C[C@@H]1C[C@@H](c2cccc(F)c2)N(CCC(=O)N2CCOCC2)C1. The van der Waals surface area contributed by atoms with Gasteiger partial charge in [-0.2, -0.15) is 0 Å². The Kier molecular flexibility index (Phi) is 5.28. The fourth-order valence-corrected chi connectivity index (χ4v) is 3.65. The number of morpholine rings is 1. The maximum Gasteiger partial charge on any atom is 0.224 e. The topological polar surface area (TPSA) is 32.8 Å². The normalized spacial score (nSPS) is 25.7. The van der Waals surface area contributed by atoms with Gasteiger partial charge in [0.15, 0.2) is 0 Å². The molecule has 2 saturated heterocycles. The van der Waals surface area contributed by atoms with Gasteiger partial charge in [0.05, 0.1) is 13.2 Å². The molecular formula is C18H25FN2O2. The van der Waals surface area contributed by atoms with Crippen LogP contribution < -0.4 is 0 Å². The van der Waals surface area contributed by atoms with Crippen LogP contribution in [0.3, 0.4) is 0 Å². The van der Waals surface area contributed by atoms with Crippen molar-refractivity contribution in [3.8, 4) is 0 Å². The molecule has 126 valence electrons. The van der Waals surface area contributed by atoms with Crippen LogP contribution in [-0.2, 0) is 9.53 Å². The van der Waals surface area contributed by atoms with E-state index in [1.165, 1.54) is 6.07 Å². The van der Waals surface area contributed by atoms with Gasteiger partial charge in [0, 0.05) is 38.6 Å². The second-order valence-corrected chi connectivity index (χ2v) is 6.65. The van der Waals surface area contributed by atoms with Crippen molar-refractivity contribution in [2.75, 3.05) is 39.4 Å². The molecule has 0 saturated carbocycles. The smallest absolute Gasteiger partial charge is 0.224 e. The third-order valence-corrected chi connectivity index (χ3v) is 4.82. The summed E-state index contributed by atoms with van der Waals surface area (Å²) in [6.45, 7) is 6.59. The fourth-order valence-electron chi connectivity index (χ4n) is 3.65. The monoisotopic (exact) mass is 320 g/mol. The van der Waals surface area contributed by atoms with Crippen LogP contribution in [0.1, 0.15) is 31.4 Å². The molecule has 0 N–H and O–H groups in total. The van der Waals surface area contributed by atoms with E-state index < -0.39 is 0 Å². The average molecular weight is 320 g/mol. The first kappa shape index (κ1) is 16.4. The van der Waals surface area contributed by atoms with Crippen molar-refractivity contribution in [2.45, 2.75) is 25.8 Å². The summed E-state index contributed by atoms with van der Waals surface area (Å²) in [6, 6.07) is 7.08. The number of halogens is 1. The molecule has 1 amide bonds.